The van der Waals surface area contributed by atoms with Gasteiger partial charge in [-0.15, -0.1) is 13.2 Å². The average molecular weight is 158 g/mol. The Morgan fingerprint density at radius 3 is 2.17 bits per heavy atom. The molecule has 0 aliphatic rings. The monoisotopic (exact) mass is 158 g/mol. The van der Waals surface area contributed by atoms with Gasteiger partial charge in [-0.25, -0.2) is 0 Å². The lowest BCUT2D eigenvalue weighted by Gasteiger charge is -2.05. The Bertz CT molecular complexity index is 238. The summed E-state index contributed by atoms with van der Waals surface area (Å²) < 4.78 is 0. The standard InChI is InChI=1S/C12H14/c1-3-11(4-2)10-12-8-6-5-7-9-12/h3-9,11H,1-2,10H2. The molecule has 62 valence electrons. The van der Waals surface area contributed by atoms with Crippen LogP contribution in [0.2, 0.25) is 0 Å². The molecule has 0 amide bonds. The molecule has 0 saturated carbocycles. The summed E-state index contributed by atoms with van der Waals surface area (Å²) in [6.45, 7) is 7.51. The summed E-state index contributed by atoms with van der Waals surface area (Å²) in [4.78, 5) is 0. The molecule has 1 rings (SSSR count). The lowest BCUT2D eigenvalue weighted by atomic mass is 10.00. The highest BCUT2D eigenvalue weighted by Gasteiger charge is 1.98. The Morgan fingerprint density at radius 1 is 1.08 bits per heavy atom. The largest absolute Gasteiger partial charge is 0.102 e. The van der Waals surface area contributed by atoms with Gasteiger partial charge in [-0.2, -0.15) is 0 Å². The SMILES string of the molecule is C=CC(C=C)Cc1ccccc1. The molecule has 0 saturated heterocycles. The van der Waals surface area contributed by atoms with Crippen LogP contribution in [0.5, 0.6) is 0 Å². The molecule has 0 nitrogen and oxygen atoms in total. The van der Waals surface area contributed by atoms with Gasteiger partial charge >= 0.3 is 0 Å². The van der Waals surface area contributed by atoms with Crippen LogP contribution in [0.15, 0.2) is 55.6 Å². The summed E-state index contributed by atoms with van der Waals surface area (Å²) in [5.74, 6) is 0.396. The predicted octanol–water partition coefficient (Wildman–Crippen LogP) is 3.22. The van der Waals surface area contributed by atoms with E-state index in [1.54, 1.807) is 0 Å². The van der Waals surface area contributed by atoms with Gasteiger partial charge in [0.15, 0.2) is 0 Å². The van der Waals surface area contributed by atoms with Crippen molar-refractivity contribution in [3.8, 4) is 0 Å². The highest BCUT2D eigenvalue weighted by atomic mass is 14.0. The van der Waals surface area contributed by atoms with Gasteiger partial charge in [-0.3, -0.25) is 0 Å². The van der Waals surface area contributed by atoms with Crippen molar-refractivity contribution in [3.05, 3.63) is 61.2 Å². The third-order valence-corrected chi connectivity index (χ3v) is 1.92. The molecule has 0 unspecified atom stereocenters. The van der Waals surface area contributed by atoms with Gasteiger partial charge in [0.2, 0.25) is 0 Å². The molecule has 0 heteroatoms. The fraction of sp³-hybridized carbons (Fsp3) is 0.167. The van der Waals surface area contributed by atoms with Gasteiger partial charge in [0.1, 0.15) is 0 Å². The Balaban J connectivity index is 2.62. The van der Waals surface area contributed by atoms with E-state index in [0.717, 1.165) is 6.42 Å². The Kier molecular flexibility index (Phi) is 3.34. The van der Waals surface area contributed by atoms with Crippen molar-refractivity contribution in [1.82, 2.24) is 0 Å². The molecule has 0 aliphatic heterocycles. The topological polar surface area (TPSA) is 0 Å². The smallest absolute Gasteiger partial charge is 0.00184 e. The molecule has 1 aromatic rings. The predicted molar refractivity (Wildman–Crippen MR) is 54.0 cm³/mol. The van der Waals surface area contributed by atoms with E-state index >= 15 is 0 Å². The molecule has 12 heavy (non-hydrogen) atoms. The van der Waals surface area contributed by atoms with Crippen LogP contribution in [-0.2, 0) is 6.42 Å². The molecule has 0 N–H and O–H groups in total. The van der Waals surface area contributed by atoms with Crippen LogP contribution in [0.3, 0.4) is 0 Å². The van der Waals surface area contributed by atoms with Gasteiger partial charge in [0, 0.05) is 0 Å². The molecule has 0 aliphatic carbocycles. The normalized spacial score (nSPS) is 9.75. The minimum atomic E-state index is 0.396. The maximum Gasteiger partial charge on any atom is -0.00184 e. The molecule has 0 bridgehead atoms. The van der Waals surface area contributed by atoms with Crippen molar-refractivity contribution in [1.29, 1.82) is 0 Å². The molecular formula is C12H14. The van der Waals surface area contributed by atoms with E-state index in [-0.39, 0.29) is 0 Å². The fourth-order valence-corrected chi connectivity index (χ4v) is 1.15. The van der Waals surface area contributed by atoms with E-state index in [4.69, 9.17) is 0 Å². The van der Waals surface area contributed by atoms with Crippen molar-refractivity contribution < 1.29 is 0 Å². The third-order valence-electron chi connectivity index (χ3n) is 1.92. The van der Waals surface area contributed by atoms with Gasteiger partial charge in [-0.1, -0.05) is 42.5 Å². The van der Waals surface area contributed by atoms with Crippen LogP contribution in [0, 0.1) is 5.92 Å². The highest BCUT2D eigenvalue weighted by Crippen LogP contribution is 2.09. The quantitative estimate of drug-likeness (QED) is 0.590. The van der Waals surface area contributed by atoms with E-state index in [1.165, 1.54) is 5.56 Å². The first kappa shape index (κ1) is 8.79. The van der Waals surface area contributed by atoms with Crippen molar-refractivity contribution in [2.45, 2.75) is 6.42 Å². The van der Waals surface area contributed by atoms with Crippen molar-refractivity contribution in [3.63, 3.8) is 0 Å². The summed E-state index contributed by atoms with van der Waals surface area (Å²) in [7, 11) is 0. The molecular weight excluding hydrogens is 144 g/mol. The van der Waals surface area contributed by atoms with Crippen LogP contribution < -0.4 is 0 Å². The Labute approximate surface area is 74.2 Å². The number of allylic oxidation sites excluding steroid dienone is 2. The lowest BCUT2D eigenvalue weighted by Crippen LogP contribution is -1.95. The van der Waals surface area contributed by atoms with Crippen LogP contribution in [0.25, 0.3) is 0 Å². The number of rotatable bonds is 4. The second-order valence-electron chi connectivity index (χ2n) is 2.82. The first-order valence-electron chi connectivity index (χ1n) is 4.16. The van der Waals surface area contributed by atoms with E-state index in [1.807, 2.05) is 18.2 Å². The van der Waals surface area contributed by atoms with E-state index < -0.39 is 0 Å². The zero-order valence-electron chi connectivity index (χ0n) is 7.24. The lowest BCUT2D eigenvalue weighted by molar-refractivity contribution is 0.809. The molecule has 0 fully saturated rings. The number of hydrogen-bond donors (Lipinski definition) is 0. The van der Waals surface area contributed by atoms with Crippen LogP contribution in [0.1, 0.15) is 5.56 Å². The molecule has 0 atom stereocenters. The maximum absolute atomic E-state index is 3.76. The van der Waals surface area contributed by atoms with E-state index in [0.29, 0.717) is 5.92 Å². The number of hydrogen-bond acceptors (Lipinski definition) is 0. The van der Waals surface area contributed by atoms with Crippen LogP contribution in [-0.4, -0.2) is 0 Å². The zero-order valence-corrected chi connectivity index (χ0v) is 7.24. The Hall–Kier alpha value is -1.30. The average Bonchev–Trinajstić information content (AvgIpc) is 2.16. The first-order valence-corrected chi connectivity index (χ1v) is 4.16. The van der Waals surface area contributed by atoms with Gasteiger partial charge in [-0.05, 0) is 17.9 Å². The van der Waals surface area contributed by atoms with Crippen LogP contribution >= 0.6 is 0 Å². The van der Waals surface area contributed by atoms with Gasteiger partial charge in [0.05, 0.1) is 0 Å². The van der Waals surface area contributed by atoms with E-state index in [9.17, 15) is 0 Å². The summed E-state index contributed by atoms with van der Waals surface area (Å²) in [5, 5.41) is 0. The van der Waals surface area contributed by atoms with Crippen molar-refractivity contribution >= 4 is 0 Å². The summed E-state index contributed by atoms with van der Waals surface area (Å²) in [5.41, 5.74) is 1.34. The summed E-state index contributed by atoms with van der Waals surface area (Å²) >= 11 is 0. The molecule has 0 heterocycles. The first-order chi connectivity index (χ1) is 5.86. The number of benzene rings is 1. The Morgan fingerprint density at radius 2 is 1.67 bits per heavy atom. The molecule has 0 spiro atoms. The van der Waals surface area contributed by atoms with Crippen molar-refractivity contribution in [2.75, 3.05) is 0 Å². The zero-order chi connectivity index (χ0) is 8.81. The second kappa shape index (κ2) is 4.55. The van der Waals surface area contributed by atoms with Crippen LogP contribution in [0.4, 0.5) is 0 Å². The summed E-state index contributed by atoms with van der Waals surface area (Å²) in [6, 6.07) is 10.4. The minimum Gasteiger partial charge on any atom is -0.102 e. The fourth-order valence-electron chi connectivity index (χ4n) is 1.15. The molecule has 0 radical (unpaired) electrons. The molecule has 0 aromatic heterocycles. The van der Waals surface area contributed by atoms with E-state index in [2.05, 4.69) is 37.4 Å². The van der Waals surface area contributed by atoms with Gasteiger partial charge < -0.3 is 0 Å². The maximum atomic E-state index is 3.76. The second-order valence-corrected chi connectivity index (χ2v) is 2.82. The van der Waals surface area contributed by atoms with Crippen molar-refractivity contribution in [2.24, 2.45) is 5.92 Å². The van der Waals surface area contributed by atoms with Gasteiger partial charge in [0.25, 0.3) is 0 Å². The molecule has 1 aromatic carbocycles. The third kappa shape index (κ3) is 2.39. The summed E-state index contributed by atoms with van der Waals surface area (Å²) in [6.07, 6.45) is 4.87. The minimum absolute atomic E-state index is 0.396. The highest BCUT2D eigenvalue weighted by molar-refractivity contribution is 5.17.